The third kappa shape index (κ3) is 8.86. The second kappa shape index (κ2) is 14.8. The number of ether oxygens (including phenoxy) is 1. The highest BCUT2D eigenvalue weighted by Gasteiger charge is 2.37. The Labute approximate surface area is 261 Å². The standard InChI is InChI=1S/C33H33Cl2N3O5/c1-21-7-12-29(43-2)6-4-3-5-23(15-21)30-18-25(24-16-26(34)19-27(35)17-24)20-38(30)33(42)37-28-10-8-22(9-11-28)32(41)36-14-13-31(39)40/h3,5-12,15-17,19,25,30H,1,4,13-14,18,20H2,2H3,(H,36,41)(H,37,42)(H,39,40)/b5-3-,12-7-,23-15?,29-6+/t25-,30-/m1/s1. The first-order valence-electron chi connectivity index (χ1n) is 13.8. The predicted octanol–water partition coefficient (Wildman–Crippen LogP) is 7.12. The van der Waals surface area contributed by atoms with E-state index in [2.05, 4.69) is 17.2 Å². The summed E-state index contributed by atoms with van der Waals surface area (Å²) in [4.78, 5) is 38.6. The van der Waals surface area contributed by atoms with E-state index in [1.807, 2.05) is 48.6 Å². The first kappa shape index (κ1) is 31.7. The quantitative estimate of drug-likeness (QED) is 0.291. The van der Waals surface area contributed by atoms with E-state index >= 15 is 0 Å². The van der Waals surface area contributed by atoms with Gasteiger partial charge in [-0.2, -0.15) is 0 Å². The van der Waals surface area contributed by atoms with Crippen molar-refractivity contribution in [3.05, 3.63) is 124 Å². The lowest BCUT2D eigenvalue weighted by Gasteiger charge is -2.26. The Bertz CT molecular complexity index is 1490. The fourth-order valence-electron chi connectivity index (χ4n) is 5.03. The number of methoxy groups -OCH3 is 1. The van der Waals surface area contributed by atoms with Gasteiger partial charge in [-0.05, 0) is 84.2 Å². The Hall–Kier alpha value is -4.27. The van der Waals surface area contributed by atoms with Crippen LogP contribution in [0, 0.1) is 0 Å². The highest BCUT2D eigenvalue weighted by molar-refractivity contribution is 6.34. The normalized spacial score (nSPS) is 21.2. The minimum Gasteiger partial charge on any atom is -0.497 e. The monoisotopic (exact) mass is 621 g/mol. The van der Waals surface area contributed by atoms with Gasteiger partial charge < -0.3 is 25.4 Å². The number of carboxylic acids is 1. The molecule has 1 saturated heterocycles. The molecule has 10 heteroatoms. The molecule has 3 amide bonds. The van der Waals surface area contributed by atoms with Crippen LogP contribution < -0.4 is 10.6 Å². The molecule has 43 heavy (non-hydrogen) atoms. The van der Waals surface area contributed by atoms with Gasteiger partial charge in [0.25, 0.3) is 5.91 Å². The van der Waals surface area contributed by atoms with Crippen molar-refractivity contribution in [3.8, 4) is 0 Å². The van der Waals surface area contributed by atoms with Crippen LogP contribution in [0.1, 0.15) is 41.1 Å². The van der Waals surface area contributed by atoms with E-state index in [1.165, 1.54) is 0 Å². The first-order valence-corrected chi connectivity index (χ1v) is 14.5. The molecule has 2 aliphatic rings. The van der Waals surface area contributed by atoms with E-state index in [4.69, 9.17) is 33.0 Å². The average molecular weight is 623 g/mol. The number of carbonyl (C=O) groups excluding carboxylic acids is 2. The molecule has 1 aliphatic carbocycles. The van der Waals surface area contributed by atoms with Crippen LogP contribution >= 0.6 is 23.2 Å². The van der Waals surface area contributed by atoms with Crippen LogP contribution in [0.3, 0.4) is 0 Å². The summed E-state index contributed by atoms with van der Waals surface area (Å²) in [5.41, 5.74) is 3.51. The number of nitrogens with zero attached hydrogens (tertiary/aromatic N) is 1. The minimum absolute atomic E-state index is 0.0164. The smallest absolute Gasteiger partial charge is 0.322 e. The number of anilines is 1. The zero-order chi connectivity index (χ0) is 30.9. The van der Waals surface area contributed by atoms with E-state index in [9.17, 15) is 14.4 Å². The maximum Gasteiger partial charge on any atom is 0.322 e. The molecule has 8 nitrogen and oxygen atoms in total. The van der Waals surface area contributed by atoms with Gasteiger partial charge in [0, 0.05) is 40.3 Å². The molecule has 1 heterocycles. The molecule has 0 bridgehead atoms. The van der Waals surface area contributed by atoms with Gasteiger partial charge in [0.2, 0.25) is 0 Å². The number of rotatable bonds is 8. The Kier molecular flexibility index (Phi) is 10.9. The molecule has 1 fully saturated rings. The number of carboxylic acid groups (broad SMARTS) is 1. The highest BCUT2D eigenvalue weighted by atomic mass is 35.5. The molecular formula is C33H33Cl2N3O5. The molecule has 0 unspecified atom stereocenters. The van der Waals surface area contributed by atoms with Crippen molar-refractivity contribution in [1.82, 2.24) is 10.2 Å². The summed E-state index contributed by atoms with van der Waals surface area (Å²) in [5, 5.41) is 15.4. The molecule has 224 valence electrons. The molecule has 0 aromatic heterocycles. The second-order valence-electron chi connectivity index (χ2n) is 10.2. The van der Waals surface area contributed by atoms with Crippen LogP contribution in [0.25, 0.3) is 0 Å². The van der Waals surface area contributed by atoms with Crippen molar-refractivity contribution in [2.24, 2.45) is 0 Å². The minimum atomic E-state index is -0.992. The zero-order valence-corrected chi connectivity index (χ0v) is 25.2. The summed E-state index contributed by atoms with van der Waals surface area (Å²) in [6.07, 6.45) is 12.9. The molecule has 0 saturated carbocycles. The van der Waals surface area contributed by atoms with Gasteiger partial charge in [-0.15, -0.1) is 0 Å². The van der Waals surface area contributed by atoms with Crippen LogP contribution in [-0.2, 0) is 9.53 Å². The first-order chi connectivity index (χ1) is 20.6. The molecule has 1 aliphatic heterocycles. The fourth-order valence-corrected chi connectivity index (χ4v) is 5.57. The van der Waals surface area contributed by atoms with E-state index in [1.54, 1.807) is 42.3 Å². The number of carbonyl (C=O) groups is 3. The largest absolute Gasteiger partial charge is 0.497 e. The number of nitrogens with one attached hydrogen (secondary N) is 2. The Morgan fingerprint density at radius 3 is 2.47 bits per heavy atom. The third-order valence-corrected chi connectivity index (χ3v) is 7.58. The molecule has 2 aromatic carbocycles. The molecule has 0 radical (unpaired) electrons. The summed E-state index contributed by atoms with van der Waals surface area (Å²) in [7, 11) is 1.62. The van der Waals surface area contributed by atoms with Crippen molar-refractivity contribution in [2.75, 3.05) is 25.5 Å². The van der Waals surface area contributed by atoms with Crippen molar-refractivity contribution in [3.63, 3.8) is 0 Å². The average Bonchev–Trinajstić information content (AvgIpc) is 3.42. The van der Waals surface area contributed by atoms with Gasteiger partial charge in [0.05, 0.1) is 19.6 Å². The van der Waals surface area contributed by atoms with Crippen molar-refractivity contribution in [2.45, 2.75) is 31.2 Å². The molecule has 2 aromatic rings. The third-order valence-electron chi connectivity index (χ3n) is 7.14. The summed E-state index contributed by atoms with van der Waals surface area (Å²) in [6, 6.07) is 11.3. The Morgan fingerprint density at radius 2 is 1.79 bits per heavy atom. The zero-order valence-electron chi connectivity index (χ0n) is 23.7. The van der Waals surface area contributed by atoms with Crippen LogP contribution in [0.4, 0.5) is 10.5 Å². The summed E-state index contributed by atoms with van der Waals surface area (Å²) in [5.74, 6) is -0.657. The number of allylic oxidation sites excluding steroid dienone is 6. The lowest BCUT2D eigenvalue weighted by Crippen LogP contribution is -2.39. The fraction of sp³-hybridized carbons (Fsp3) is 0.242. The highest BCUT2D eigenvalue weighted by Crippen LogP contribution is 2.38. The van der Waals surface area contributed by atoms with E-state index < -0.39 is 11.9 Å². The van der Waals surface area contributed by atoms with Crippen molar-refractivity contribution in [1.29, 1.82) is 0 Å². The van der Waals surface area contributed by atoms with Crippen LogP contribution in [0.2, 0.25) is 10.0 Å². The number of halogens is 2. The molecule has 2 atom stereocenters. The number of likely N-dealkylation sites (tertiary alicyclic amines) is 1. The Balaban J connectivity index is 1.57. The molecule has 0 spiro atoms. The maximum atomic E-state index is 13.8. The van der Waals surface area contributed by atoms with E-state index in [0.29, 0.717) is 40.7 Å². The molecule has 4 rings (SSSR count). The topological polar surface area (TPSA) is 108 Å². The summed E-state index contributed by atoms with van der Waals surface area (Å²) >= 11 is 12.6. The molecular weight excluding hydrogens is 589 g/mol. The second-order valence-corrected chi connectivity index (χ2v) is 11.1. The summed E-state index contributed by atoms with van der Waals surface area (Å²) in [6.45, 7) is 4.63. The van der Waals surface area contributed by atoms with Crippen molar-refractivity contribution >= 4 is 46.8 Å². The lowest BCUT2D eigenvalue weighted by atomic mass is 9.92. The van der Waals surface area contributed by atoms with E-state index in [0.717, 1.165) is 22.5 Å². The number of hydrogen-bond acceptors (Lipinski definition) is 4. The number of amides is 3. The van der Waals surface area contributed by atoms with Gasteiger partial charge in [-0.3, -0.25) is 9.59 Å². The van der Waals surface area contributed by atoms with Gasteiger partial charge in [0.1, 0.15) is 5.76 Å². The van der Waals surface area contributed by atoms with Gasteiger partial charge in [0.15, 0.2) is 0 Å². The number of aliphatic carboxylic acids is 1. The van der Waals surface area contributed by atoms with Gasteiger partial charge in [-0.25, -0.2) is 4.79 Å². The Morgan fingerprint density at radius 1 is 1.07 bits per heavy atom. The van der Waals surface area contributed by atoms with Crippen LogP contribution in [-0.4, -0.2) is 54.2 Å². The number of hydrogen-bond donors (Lipinski definition) is 3. The van der Waals surface area contributed by atoms with Gasteiger partial charge >= 0.3 is 12.0 Å². The van der Waals surface area contributed by atoms with Crippen LogP contribution in [0.15, 0.2) is 102 Å². The number of benzene rings is 2. The van der Waals surface area contributed by atoms with Crippen molar-refractivity contribution < 1.29 is 24.2 Å². The van der Waals surface area contributed by atoms with Gasteiger partial charge in [-0.1, -0.05) is 54.1 Å². The predicted molar refractivity (Wildman–Crippen MR) is 170 cm³/mol. The maximum absolute atomic E-state index is 13.8. The molecule has 3 N–H and O–H groups in total. The number of urea groups is 1. The van der Waals surface area contributed by atoms with Crippen LogP contribution in [0.5, 0.6) is 0 Å². The SMILES string of the molecule is C=C1C=C([C@H]2C[C@@H](c3cc(Cl)cc(Cl)c3)CN2C(=O)Nc2ccc(C(=O)NCCC(=O)O)cc2)/C=C\C/C=C(OC)\C=C/1. The lowest BCUT2D eigenvalue weighted by molar-refractivity contribution is -0.136. The summed E-state index contributed by atoms with van der Waals surface area (Å²) < 4.78 is 5.38. The van der Waals surface area contributed by atoms with E-state index in [-0.39, 0.29) is 31.0 Å².